The number of rotatable bonds is 3. The van der Waals surface area contributed by atoms with Crippen LogP contribution in [0, 0.1) is 13.8 Å². The summed E-state index contributed by atoms with van der Waals surface area (Å²) in [5.74, 6) is -0.714. The van der Waals surface area contributed by atoms with Crippen LogP contribution in [0.25, 0.3) is 0 Å². The Hall–Kier alpha value is -2.58. The van der Waals surface area contributed by atoms with E-state index in [-0.39, 0.29) is 19.0 Å². The van der Waals surface area contributed by atoms with E-state index >= 15 is 0 Å². The molecule has 0 aliphatic carbocycles. The highest BCUT2D eigenvalue weighted by molar-refractivity contribution is 5.92. The van der Waals surface area contributed by atoms with E-state index < -0.39 is 12.0 Å². The summed E-state index contributed by atoms with van der Waals surface area (Å²) in [6.07, 6.45) is -4.11. The number of alkyl halides is 3. The third kappa shape index (κ3) is 3.38. The summed E-state index contributed by atoms with van der Waals surface area (Å²) in [5, 5.41) is 9.89. The molecule has 0 unspecified atom stereocenters. The molecule has 0 saturated heterocycles. The van der Waals surface area contributed by atoms with E-state index in [2.05, 4.69) is 15.5 Å². The molecular formula is C17H20F3N5O. The molecule has 9 heteroatoms. The first-order valence-corrected chi connectivity index (χ1v) is 8.36. The van der Waals surface area contributed by atoms with Crippen LogP contribution in [0.5, 0.6) is 0 Å². The van der Waals surface area contributed by atoms with Gasteiger partial charge in [-0.2, -0.15) is 13.2 Å². The molecule has 0 atom stereocenters. The summed E-state index contributed by atoms with van der Waals surface area (Å²) >= 11 is 0. The van der Waals surface area contributed by atoms with Gasteiger partial charge in [0.1, 0.15) is 0 Å². The van der Waals surface area contributed by atoms with Gasteiger partial charge in [0, 0.05) is 30.9 Å². The number of halogens is 3. The molecule has 0 fully saturated rings. The fraction of sp³-hybridized carbons (Fsp3) is 0.471. The number of fused-ring (bicyclic) bond motifs is 1. The maximum absolute atomic E-state index is 12.9. The van der Waals surface area contributed by atoms with E-state index in [4.69, 9.17) is 0 Å². The molecule has 1 aromatic carbocycles. The first kappa shape index (κ1) is 18.2. The highest BCUT2D eigenvalue weighted by atomic mass is 19.4. The van der Waals surface area contributed by atoms with E-state index in [9.17, 15) is 18.0 Å². The van der Waals surface area contributed by atoms with Crippen LogP contribution in [0.4, 0.5) is 24.5 Å². The molecule has 0 radical (unpaired) electrons. The molecule has 140 valence electrons. The molecule has 0 spiro atoms. The van der Waals surface area contributed by atoms with Crippen LogP contribution in [0.1, 0.15) is 36.1 Å². The summed E-state index contributed by atoms with van der Waals surface area (Å²) < 4.78 is 40.0. The average Bonchev–Trinajstić information content (AvgIpc) is 3.01. The summed E-state index contributed by atoms with van der Waals surface area (Å²) in [4.78, 5) is 13.6. The molecule has 3 rings (SSSR count). The smallest absolute Gasteiger partial charge is 0.362 e. The molecule has 1 aliphatic heterocycles. The first-order valence-electron chi connectivity index (χ1n) is 8.36. The van der Waals surface area contributed by atoms with E-state index in [1.165, 1.54) is 0 Å². The lowest BCUT2D eigenvalue weighted by Gasteiger charge is -2.30. The normalized spacial score (nSPS) is 14.3. The van der Waals surface area contributed by atoms with Crippen molar-refractivity contribution in [2.24, 2.45) is 0 Å². The molecule has 2 heterocycles. The van der Waals surface area contributed by atoms with Crippen molar-refractivity contribution in [1.82, 2.24) is 14.8 Å². The van der Waals surface area contributed by atoms with Gasteiger partial charge in [0.2, 0.25) is 11.7 Å². The van der Waals surface area contributed by atoms with Crippen LogP contribution < -0.4 is 10.2 Å². The van der Waals surface area contributed by atoms with Gasteiger partial charge in [-0.15, -0.1) is 10.2 Å². The van der Waals surface area contributed by atoms with Crippen LogP contribution in [0.2, 0.25) is 0 Å². The lowest BCUT2D eigenvalue weighted by atomic mass is 10.1. The van der Waals surface area contributed by atoms with Gasteiger partial charge >= 0.3 is 6.18 Å². The second-order valence-corrected chi connectivity index (χ2v) is 6.37. The average molecular weight is 367 g/mol. The second kappa shape index (κ2) is 6.62. The largest absolute Gasteiger partial charge is 0.451 e. The Labute approximate surface area is 149 Å². The Morgan fingerprint density at radius 1 is 1.19 bits per heavy atom. The summed E-state index contributed by atoms with van der Waals surface area (Å²) in [5.41, 5.74) is 3.48. The van der Waals surface area contributed by atoms with Gasteiger partial charge in [0.05, 0.1) is 6.54 Å². The predicted octanol–water partition coefficient (Wildman–Crippen LogP) is 3.28. The van der Waals surface area contributed by atoms with Crippen molar-refractivity contribution in [1.29, 1.82) is 0 Å². The molecule has 1 N–H and O–H groups in total. The number of nitrogens with zero attached hydrogens (tertiary/aromatic N) is 4. The number of anilines is 2. The maximum Gasteiger partial charge on any atom is 0.451 e. The third-order valence-electron chi connectivity index (χ3n) is 4.47. The fourth-order valence-corrected chi connectivity index (χ4v) is 3.14. The van der Waals surface area contributed by atoms with Gasteiger partial charge in [-0.05, 0) is 37.1 Å². The molecule has 6 nitrogen and oxygen atoms in total. The minimum absolute atomic E-state index is 0.0605. The molecule has 1 amide bonds. The standard InChI is InChI=1S/C17H20F3N5O/c1-4-14(26)21-15-10(2)7-12(8-11(15)3)24-5-6-25-13(9-24)22-23-16(25)17(18,19)20/h7-8H,4-6,9H2,1-3H3,(H,21,26). The van der Waals surface area contributed by atoms with Crippen LogP contribution in [-0.2, 0) is 24.1 Å². The molecular weight excluding hydrogens is 347 g/mol. The Kier molecular flexibility index (Phi) is 4.64. The van der Waals surface area contributed by atoms with Crippen LogP contribution in [-0.4, -0.2) is 27.2 Å². The van der Waals surface area contributed by atoms with Crippen molar-refractivity contribution >= 4 is 17.3 Å². The molecule has 1 aromatic heterocycles. The Balaban J connectivity index is 1.85. The minimum atomic E-state index is -4.50. The zero-order chi connectivity index (χ0) is 19.1. The predicted molar refractivity (Wildman–Crippen MR) is 90.9 cm³/mol. The number of benzene rings is 1. The molecule has 0 bridgehead atoms. The topological polar surface area (TPSA) is 63.1 Å². The summed E-state index contributed by atoms with van der Waals surface area (Å²) in [6.45, 7) is 6.43. The van der Waals surface area contributed by atoms with Crippen molar-refractivity contribution in [3.8, 4) is 0 Å². The fourth-order valence-electron chi connectivity index (χ4n) is 3.14. The highest BCUT2D eigenvalue weighted by Crippen LogP contribution is 2.32. The molecule has 1 aliphatic rings. The van der Waals surface area contributed by atoms with Crippen molar-refractivity contribution < 1.29 is 18.0 Å². The van der Waals surface area contributed by atoms with E-state index in [0.717, 1.165) is 27.1 Å². The van der Waals surface area contributed by atoms with Crippen LogP contribution >= 0.6 is 0 Å². The van der Waals surface area contributed by atoms with Crippen LogP contribution in [0.3, 0.4) is 0 Å². The van der Waals surface area contributed by atoms with Gasteiger partial charge < -0.3 is 14.8 Å². The number of aromatic nitrogens is 3. The van der Waals surface area contributed by atoms with Gasteiger partial charge in [0.25, 0.3) is 0 Å². The number of hydrogen-bond acceptors (Lipinski definition) is 4. The van der Waals surface area contributed by atoms with Gasteiger partial charge in [-0.1, -0.05) is 6.92 Å². The monoisotopic (exact) mass is 367 g/mol. The third-order valence-corrected chi connectivity index (χ3v) is 4.47. The number of hydrogen-bond donors (Lipinski definition) is 1. The number of amides is 1. The second-order valence-electron chi connectivity index (χ2n) is 6.37. The number of aryl methyl sites for hydroxylation is 2. The number of carbonyl (C=O) groups is 1. The zero-order valence-corrected chi connectivity index (χ0v) is 14.8. The zero-order valence-electron chi connectivity index (χ0n) is 14.8. The number of carbonyl (C=O) groups excluding carboxylic acids is 1. The van der Waals surface area contributed by atoms with E-state index in [1.54, 1.807) is 6.92 Å². The molecule has 2 aromatic rings. The number of nitrogens with one attached hydrogen (secondary N) is 1. The van der Waals surface area contributed by atoms with Crippen molar-refractivity contribution in [3.05, 3.63) is 34.9 Å². The lowest BCUT2D eigenvalue weighted by molar-refractivity contribution is -0.147. The quantitative estimate of drug-likeness (QED) is 0.904. The maximum atomic E-state index is 12.9. The van der Waals surface area contributed by atoms with Crippen LogP contribution in [0.15, 0.2) is 12.1 Å². The Bertz CT molecular complexity index is 820. The van der Waals surface area contributed by atoms with Gasteiger partial charge in [-0.25, -0.2) is 0 Å². The van der Waals surface area contributed by atoms with Gasteiger partial charge in [-0.3, -0.25) is 4.79 Å². The van der Waals surface area contributed by atoms with E-state index in [1.807, 2.05) is 30.9 Å². The molecule has 0 saturated carbocycles. The Morgan fingerprint density at radius 2 is 1.85 bits per heavy atom. The lowest BCUT2D eigenvalue weighted by Crippen LogP contribution is -2.35. The van der Waals surface area contributed by atoms with Gasteiger partial charge in [0.15, 0.2) is 5.82 Å². The van der Waals surface area contributed by atoms with Crippen molar-refractivity contribution in [3.63, 3.8) is 0 Å². The molecule has 26 heavy (non-hydrogen) atoms. The summed E-state index contributed by atoms with van der Waals surface area (Å²) in [6, 6.07) is 3.85. The Morgan fingerprint density at radius 3 is 2.42 bits per heavy atom. The summed E-state index contributed by atoms with van der Waals surface area (Å²) in [7, 11) is 0. The minimum Gasteiger partial charge on any atom is -0.362 e. The highest BCUT2D eigenvalue weighted by Gasteiger charge is 2.39. The van der Waals surface area contributed by atoms with Crippen molar-refractivity contribution in [2.45, 2.75) is 46.5 Å². The van der Waals surface area contributed by atoms with Crippen molar-refractivity contribution in [2.75, 3.05) is 16.8 Å². The first-order chi connectivity index (χ1) is 12.2. The SMILES string of the molecule is CCC(=O)Nc1c(C)cc(N2CCn3c(nnc3C(F)(F)F)C2)cc1C. The van der Waals surface area contributed by atoms with E-state index in [0.29, 0.717) is 18.8 Å².